The molecule has 2 aromatic rings. The highest BCUT2D eigenvalue weighted by atomic mass is 35.5. The zero-order valence-electron chi connectivity index (χ0n) is 12.2. The van der Waals surface area contributed by atoms with Crippen molar-refractivity contribution in [3.05, 3.63) is 46.2 Å². The first-order valence-corrected chi connectivity index (χ1v) is 8.50. The molecule has 1 N–H and O–H groups in total. The first kappa shape index (κ1) is 16.0. The van der Waals surface area contributed by atoms with Crippen LogP contribution in [-0.4, -0.2) is 18.2 Å². The van der Waals surface area contributed by atoms with E-state index in [9.17, 15) is 8.42 Å². The quantitative estimate of drug-likeness (QED) is 0.918. The van der Waals surface area contributed by atoms with E-state index in [2.05, 4.69) is 9.82 Å². The van der Waals surface area contributed by atoms with Gasteiger partial charge in [-0.25, -0.2) is 13.1 Å². The Kier molecular flexibility index (Phi) is 4.70. The minimum absolute atomic E-state index is 0.151. The number of nitrogens with zero attached hydrogens (tertiary/aromatic N) is 2. The van der Waals surface area contributed by atoms with Crippen LogP contribution in [0, 0.1) is 13.8 Å². The molecule has 1 aromatic carbocycles. The molecule has 0 atom stereocenters. The Hall–Kier alpha value is -1.37. The van der Waals surface area contributed by atoms with Gasteiger partial charge in [-0.2, -0.15) is 5.10 Å². The Labute approximate surface area is 130 Å². The molecule has 1 heterocycles. The smallest absolute Gasteiger partial charge is 0.244 e. The summed E-state index contributed by atoms with van der Waals surface area (Å²) >= 11 is 6.04. The third kappa shape index (κ3) is 3.28. The Morgan fingerprint density at radius 1 is 1.29 bits per heavy atom. The van der Waals surface area contributed by atoms with Gasteiger partial charge in [-0.05, 0) is 32.4 Å². The number of nitrogens with one attached hydrogen (secondary N) is 1. The second-order valence-corrected chi connectivity index (χ2v) is 6.84. The van der Waals surface area contributed by atoms with E-state index in [1.165, 1.54) is 0 Å². The van der Waals surface area contributed by atoms with E-state index in [-0.39, 0.29) is 11.4 Å². The van der Waals surface area contributed by atoms with Crippen LogP contribution in [0.1, 0.15) is 23.9 Å². The van der Waals surface area contributed by atoms with Gasteiger partial charge in [0.25, 0.3) is 0 Å². The van der Waals surface area contributed by atoms with Gasteiger partial charge >= 0.3 is 0 Å². The van der Waals surface area contributed by atoms with Crippen molar-refractivity contribution in [3.8, 4) is 0 Å². The van der Waals surface area contributed by atoms with Crippen LogP contribution in [0.15, 0.2) is 29.2 Å². The van der Waals surface area contributed by atoms with E-state index < -0.39 is 10.0 Å². The lowest BCUT2D eigenvalue weighted by Crippen LogP contribution is -2.24. The minimum Gasteiger partial charge on any atom is -0.268 e. The fraction of sp³-hybridized carbons (Fsp3) is 0.357. The highest BCUT2D eigenvalue weighted by Crippen LogP contribution is 2.20. The number of benzene rings is 1. The molecule has 0 aliphatic rings. The topological polar surface area (TPSA) is 64.0 Å². The summed E-state index contributed by atoms with van der Waals surface area (Å²) in [6.45, 7) is 6.16. The van der Waals surface area contributed by atoms with Gasteiger partial charge in [0.05, 0.1) is 11.4 Å². The van der Waals surface area contributed by atoms with Gasteiger partial charge in [0, 0.05) is 18.1 Å². The fourth-order valence-electron chi connectivity index (χ4n) is 2.26. The van der Waals surface area contributed by atoms with Gasteiger partial charge in [-0.3, -0.25) is 4.68 Å². The number of hydrogen-bond donors (Lipinski definition) is 1. The summed E-state index contributed by atoms with van der Waals surface area (Å²) in [5, 5.41) is 4.78. The van der Waals surface area contributed by atoms with E-state index in [4.69, 9.17) is 11.6 Å². The Balaban J connectivity index is 2.28. The Morgan fingerprint density at radius 2 is 1.95 bits per heavy atom. The summed E-state index contributed by atoms with van der Waals surface area (Å²) in [4.78, 5) is 0.247. The molecule has 5 nitrogen and oxygen atoms in total. The van der Waals surface area contributed by atoms with Gasteiger partial charge < -0.3 is 0 Å². The first-order chi connectivity index (χ1) is 9.86. The molecule has 7 heteroatoms. The molecule has 0 unspecified atom stereocenters. The van der Waals surface area contributed by atoms with Crippen LogP contribution in [0.5, 0.6) is 0 Å². The minimum atomic E-state index is -3.62. The monoisotopic (exact) mass is 327 g/mol. The van der Waals surface area contributed by atoms with Gasteiger partial charge in [0.15, 0.2) is 0 Å². The zero-order chi connectivity index (χ0) is 15.6. The second kappa shape index (κ2) is 6.17. The van der Waals surface area contributed by atoms with Crippen molar-refractivity contribution in [1.29, 1.82) is 0 Å². The molecule has 0 saturated carbocycles. The second-order valence-electron chi connectivity index (χ2n) is 4.73. The number of hydrogen-bond acceptors (Lipinski definition) is 3. The van der Waals surface area contributed by atoms with E-state index in [0.29, 0.717) is 23.0 Å². The highest BCUT2D eigenvalue weighted by molar-refractivity contribution is 7.89. The molecular weight excluding hydrogens is 310 g/mol. The summed E-state index contributed by atoms with van der Waals surface area (Å²) in [6, 6.07) is 7.15. The van der Waals surface area contributed by atoms with Crippen molar-refractivity contribution in [2.24, 2.45) is 0 Å². The third-order valence-electron chi connectivity index (χ3n) is 3.29. The van der Waals surface area contributed by atoms with Gasteiger partial charge in [-0.1, -0.05) is 29.8 Å². The normalized spacial score (nSPS) is 11.8. The third-order valence-corrected chi connectivity index (χ3v) is 5.32. The lowest BCUT2D eigenvalue weighted by atomic mass is 10.2. The summed E-state index contributed by atoms with van der Waals surface area (Å²) < 4.78 is 29.2. The van der Waals surface area contributed by atoms with Crippen molar-refractivity contribution >= 4 is 21.6 Å². The summed E-state index contributed by atoms with van der Waals surface area (Å²) in [7, 11) is -3.62. The maximum Gasteiger partial charge on any atom is 0.244 e. The summed E-state index contributed by atoms with van der Waals surface area (Å²) in [5.41, 5.74) is 1.88. The van der Waals surface area contributed by atoms with Crippen LogP contribution in [0.4, 0.5) is 0 Å². The van der Waals surface area contributed by atoms with E-state index in [1.807, 2.05) is 13.0 Å². The number of aromatic nitrogens is 2. The predicted octanol–water partition coefficient (Wildman–Crippen LogP) is 2.65. The van der Waals surface area contributed by atoms with E-state index >= 15 is 0 Å². The van der Waals surface area contributed by atoms with Crippen LogP contribution in [0.25, 0.3) is 0 Å². The highest BCUT2D eigenvalue weighted by Gasteiger charge is 2.24. The van der Waals surface area contributed by atoms with Crippen molar-refractivity contribution in [2.45, 2.75) is 38.8 Å². The summed E-state index contributed by atoms with van der Waals surface area (Å²) in [5.74, 6) is 0. The molecule has 0 spiro atoms. The van der Waals surface area contributed by atoms with Crippen molar-refractivity contribution in [3.63, 3.8) is 0 Å². The molecule has 0 saturated heterocycles. The Morgan fingerprint density at radius 3 is 2.52 bits per heavy atom. The van der Waals surface area contributed by atoms with E-state index in [0.717, 1.165) is 5.56 Å². The molecule has 0 fully saturated rings. The molecule has 0 bridgehead atoms. The lowest BCUT2D eigenvalue weighted by Gasteiger charge is -2.08. The van der Waals surface area contributed by atoms with Crippen LogP contribution < -0.4 is 4.72 Å². The van der Waals surface area contributed by atoms with Crippen molar-refractivity contribution < 1.29 is 8.42 Å². The predicted molar refractivity (Wildman–Crippen MR) is 82.9 cm³/mol. The SMILES string of the molecule is CCn1nc(C)c(S(=O)(=O)NCc2ccccc2Cl)c1C. The maximum absolute atomic E-state index is 12.5. The molecule has 2 rings (SSSR count). The molecule has 114 valence electrons. The van der Waals surface area contributed by atoms with Crippen LogP contribution in [0.3, 0.4) is 0 Å². The maximum atomic E-state index is 12.5. The van der Waals surface area contributed by atoms with Gasteiger partial charge in [0.2, 0.25) is 10.0 Å². The van der Waals surface area contributed by atoms with Crippen LogP contribution >= 0.6 is 11.6 Å². The number of aryl methyl sites for hydroxylation is 2. The number of sulfonamides is 1. The fourth-order valence-corrected chi connectivity index (χ4v) is 3.88. The zero-order valence-corrected chi connectivity index (χ0v) is 13.8. The average Bonchev–Trinajstić information content (AvgIpc) is 2.73. The van der Waals surface area contributed by atoms with E-state index in [1.54, 1.807) is 36.7 Å². The Bertz CT molecular complexity index is 754. The van der Waals surface area contributed by atoms with Crippen molar-refractivity contribution in [1.82, 2.24) is 14.5 Å². The van der Waals surface area contributed by atoms with Crippen LogP contribution in [-0.2, 0) is 23.1 Å². The largest absolute Gasteiger partial charge is 0.268 e. The molecular formula is C14H18ClN3O2S. The molecule has 0 aliphatic heterocycles. The number of halogens is 1. The van der Waals surface area contributed by atoms with Crippen LogP contribution in [0.2, 0.25) is 5.02 Å². The standard InChI is InChI=1S/C14H18ClN3O2S/c1-4-18-11(3)14(10(2)17-18)21(19,20)16-9-12-7-5-6-8-13(12)15/h5-8,16H,4,9H2,1-3H3. The van der Waals surface area contributed by atoms with Crippen molar-refractivity contribution in [2.75, 3.05) is 0 Å². The lowest BCUT2D eigenvalue weighted by molar-refractivity contribution is 0.579. The molecule has 0 amide bonds. The molecule has 21 heavy (non-hydrogen) atoms. The number of rotatable bonds is 5. The molecule has 0 aliphatic carbocycles. The summed E-state index contributed by atoms with van der Waals surface area (Å²) in [6.07, 6.45) is 0. The average molecular weight is 328 g/mol. The molecule has 0 radical (unpaired) electrons. The molecule has 1 aromatic heterocycles. The van der Waals surface area contributed by atoms with Gasteiger partial charge in [-0.15, -0.1) is 0 Å². The first-order valence-electron chi connectivity index (χ1n) is 6.64. The van der Waals surface area contributed by atoms with Gasteiger partial charge in [0.1, 0.15) is 4.90 Å².